The van der Waals surface area contributed by atoms with Crippen LogP contribution in [-0.4, -0.2) is 36.9 Å². The summed E-state index contributed by atoms with van der Waals surface area (Å²) in [4.78, 5) is 12.4. The van der Waals surface area contributed by atoms with E-state index < -0.39 is 0 Å². The predicted octanol–water partition coefficient (Wildman–Crippen LogP) is 3.47. The van der Waals surface area contributed by atoms with Crippen molar-refractivity contribution < 1.29 is 19.4 Å². The molecule has 1 amide bonds. The van der Waals surface area contributed by atoms with Crippen molar-refractivity contribution in [2.45, 2.75) is 58.6 Å². The first-order valence-corrected chi connectivity index (χ1v) is 10.7. The van der Waals surface area contributed by atoms with Gasteiger partial charge in [0.15, 0.2) is 0 Å². The molecule has 28 heavy (non-hydrogen) atoms. The lowest BCUT2D eigenvalue weighted by Crippen LogP contribution is -2.59. The molecule has 0 unspecified atom stereocenters. The highest BCUT2D eigenvalue weighted by Crippen LogP contribution is 2.70. The SMILES string of the molecule is CCOc1ccccc1[C@H]1OCC[C@@]23C[C@@H](C[C@H]12)C(C)(C)[C@@H]3NC(=O)CCO. The molecule has 2 aliphatic carbocycles. The van der Waals surface area contributed by atoms with Crippen molar-refractivity contribution in [2.75, 3.05) is 19.8 Å². The van der Waals surface area contributed by atoms with E-state index in [9.17, 15) is 9.90 Å². The monoisotopic (exact) mass is 387 g/mol. The van der Waals surface area contributed by atoms with Crippen LogP contribution in [0.4, 0.5) is 0 Å². The Bertz CT molecular complexity index is 733. The van der Waals surface area contributed by atoms with Gasteiger partial charge in [-0.05, 0) is 54.9 Å². The number of fused-ring (bicyclic) bond motifs is 1. The summed E-state index contributed by atoms with van der Waals surface area (Å²) in [6.07, 6.45) is 3.44. The maximum Gasteiger partial charge on any atom is 0.222 e. The van der Waals surface area contributed by atoms with Crippen LogP contribution in [0.3, 0.4) is 0 Å². The van der Waals surface area contributed by atoms with E-state index in [0.29, 0.717) is 25.0 Å². The fraction of sp³-hybridized carbons (Fsp3) is 0.696. The van der Waals surface area contributed by atoms with Gasteiger partial charge >= 0.3 is 0 Å². The number of aliphatic hydroxyl groups excluding tert-OH is 1. The average molecular weight is 388 g/mol. The molecule has 1 saturated heterocycles. The quantitative estimate of drug-likeness (QED) is 0.784. The van der Waals surface area contributed by atoms with E-state index >= 15 is 0 Å². The van der Waals surface area contributed by atoms with Gasteiger partial charge in [0.05, 0.1) is 19.3 Å². The number of ether oxygens (including phenoxy) is 2. The fourth-order valence-electron chi connectivity index (χ4n) is 6.43. The number of para-hydroxylation sites is 1. The molecule has 5 atom stereocenters. The van der Waals surface area contributed by atoms with Crippen LogP contribution in [0.15, 0.2) is 24.3 Å². The van der Waals surface area contributed by atoms with Crippen LogP contribution in [0.5, 0.6) is 5.75 Å². The molecule has 2 bridgehead atoms. The highest BCUT2D eigenvalue weighted by atomic mass is 16.5. The zero-order chi connectivity index (χ0) is 19.9. The molecule has 2 saturated carbocycles. The molecular weight excluding hydrogens is 354 g/mol. The van der Waals surface area contributed by atoms with Gasteiger partial charge in [-0.2, -0.15) is 0 Å². The highest BCUT2D eigenvalue weighted by Gasteiger charge is 2.68. The summed E-state index contributed by atoms with van der Waals surface area (Å²) in [7, 11) is 0. The first-order chi connectivity index (χ1) is 13.4. The smallest absolute Gasteiger partial charge is 0.222 e. The van der Waals surface area contributed by atoms with E-state index in [4.69, 9.17) is 9.47 Å². The van der Waals surface area contributed by atoms with Crippen molar-refractivity contribution in [3.63, 3.8) is 0 Å². The number of amides is 1. The number of hydrogen-bond acceptors (Lipinski definition) is 4. The third-order valence-corrected chi connectivity index (χ3v) is 7.67. The second-order valence-electron chi connectivity index (χ2n) is 9.28. The number of carbonyl (C=O) groups excluding carboxylic acids is 1. The molecule has 4 rings (SSSR count). The zero-order valence-corrected chi connectivity index (χ0v) is 17.2. The second-order valence-corrected chi connectivity index (χ2v) is 9.28. The Morgan fingerprint density at radius 1 is 1.36 bits per heavy atom. The second kappa shape index (κ2) is 7.34. The maximum absolute atomic E-state index is 12.4. The van der Waals surface area contributed by atoms with Crippen LogP contribution in [-0.2, 0) is 9.53 Å². The summed E-state index contributed by atoms with van der Waals surface area (Å²) < 4.78 is 12.3. The molecule has 3 aliphatic rings. The Morgan fingerprint density at radius 3 is 2.89 bits per heavy atom. The summed E-state index contributed by atoms with van der Waals surface area (Å²) in [6, 6.07) is 8.34. The van der Waals surface area contributed by atoms with Crippen LogP contribution in [0.2, 0.25) is 0 Å². The Hall–Kier alpha value is -1.59. The Morgan fingerprint density at radius 2 is 2.14 bits per heavy atom. The van der Waals surface area contributed by atoms with E-state index in [1.807, 2.05) is 19.1 Å². The molecule has 154 valence electrons. The van der Waals surface area contributed by atoms with Gasteiger partial charge in [0.1, 0.15) is 5.75 Å². The Kier molecular flexibility index (Phi) is 5.17. The topological polar surface area (TPSA) is 67.8 Å². The van der Waals surface area contributed by atoms with E-state index in [0.717, 1.165) is 30.6 Å². The summed E-state index contributed by atoms with van der Waals surface area (Å²) in [5, 5.41) is 12.5. The number of aliphatic hydroxyl groups is 1. The number of rotatable bonds is 6. The molecule has 2 N–H and O–H groups in total. The number of hydrogen-bond donors (Lipinski definition) is 2. The lowest BCUT2D eigenvalue weighted by atomic mass is 9.58. The Balaban J connectivity index is 1.68. The molecule has 3 fully saturated rings. The summed E-state index contributed by atoms with van der Waals surface area (Å²) in [6.45, 7) is 7.83. The van der Waals surface area contributed by atoms with E-state index in [1.165, 1.54) is 0 Å². The van der Waals surface area contributed by atoms with Crippen molar-refractivity contribution in [2.24, 2.45) is 22.7 Å². The molecule has 5 nitrogen and oxygen atoms in total. The largest absolute Gasteiger partial charge is 0.493 e. The van der Waals surface area contributed by atoms with Crippen LogP contribution in [0.1, 0.15) is 58.1 Å². The van der Waals surface area contributed by atoms with Gasteiger partial charge < -0.3 is 19.9 Å². The maximum atomic E-state index is 12.4. The summed E-state index contributed by atoms with van der Waals surface area (Å²) in [5.41, 5.74) is 1.25. The summed E-state index contributed by atoms with van der Waals surface area (Å²) in [5.74, 6) is 1.81. The van der Waals surface area contributed by atoms with Gasteiger partial charge in [0, 0.05) is 24.6 Å². The molecule has 1 aromatic rings. The third kappa shape index (κ3) is 2.94. The minimum atomic E-state index is -0.105. The van der Waals surface area contributed by atoms with E-state index in [-0.39, 0.29) is 41.9 Å². The lowest BCUT2D eigenvalue weighted by Gasteiger charge is -2.53. The number of nitrogens with one attached hydrogen (secondary N) is 1. The highest BCUT2D eigenvalue weighted by molar-refractivity contribution is 5.76. The average Bonchev–Trinajstić information content (AvgIpc) is 3.15. The minimum Gasteiger partial charge on any atom is -0.493 e. The molecule has 1 aliphatic heterocycles. The van der Waals surface area contributed by atoms with Crippen molar-refractivity contribution in [1.29, 1.82) is 0 Å². The fourth-order valence-corrected chi connectivity index (χ4v) is 6.43. The number of carbonyl (C=O) groups is 1. The van der Waals surface area contributed by atoms with Crippen LogP contribution >= 0.6 is 0 Å². The zero-order valence-electron chi connectivity index (χ0n) is 17.2. The van der Waals surface area contributed by atoms with Gasteiger partial charge in [-0.1, -0.05) is 32.0 Å². The lowest BCUT2D eigenvalue weighted by molar-refractivity contribution is -0.138. The van der Waals surface area contributed by atoms with Crippen molar-refractivity contribution in [3.8, 4) is 5.75 Å². The summed E-state index contributed by atoms with van der Waals surface area (Å²) >= 11 is 0. The van der Waals surface area contributed by atoms with Gasteiger partial charge in [-0.3, -0.25) is 4.79 Å². The van der Waals surface area contributed by atoms with Gasteiger partial charge in [0.25, 0.3) is 0 Å². The van der Waals surface area contributed by atoms with Crippen molar-refractivity contribution in [3.05, 3.63) is 29.8 Å². The standard InChI is InChI=1S/C23H33NO4/c1-4-27-18-8-6-5-7-16(18)20-17-13-15-14-23(17,10-12-28-20)21(22(15,2)3)24-19(26)9-11-25/h5-8,15,17,20-21,25H,4,9-14H2,1-3H3,(H,24,26)/t15-,17-,20-,21+,23-/m1/s1. The first-order valence-electron chi connectivity index (χ1n) is 10.7. The molecule has 0 radical (unpaired) electrons. The molecule has 1 aromatic carbocycles. The predicted molar refractivity (Wildman–Crippen MR) is 107 cm³/mol. The van der Waals surface area contributed by atoms with Gasteiger partial charge in [-0.15, -0.1) is 0 Å². The van der Waals surface area contributed by atoms with Gasteiger partial charge in [-0.25, -0.2) is 0 Å². The minimum absolute atomic E-state index is 0.00911. The van der Waals surface area contributed by atoms with Crippen LogP contribution < -0.4 is 10.1 Å². The van der Waals surface area contributed by atoms with Crippen molar-refractivity contribution >= 4 is 5.91 Å². The molecule has 1 heterocycles. The number of benzene rings is 1. The third-order valence-electron chi connectivity index (χ3n) is 7.67. The Labute approximate surface area is 167 Å². The molecule has 1 spiro atoms. The first kappa shape index (κ1) is 19.7. The van der Waals surface area contributed by atoms with Crippen molar-refractivity contribution in [1.82, 2.24) is 5.32 Å². The van der Waals surface area contributed by atoms with Crippen LogP contribution in [0.25, 0.3) is 0 Å². The normalized spacial score (nSPS) is 35.4. The van der Waals surface area contributed by atoms with Crippen LogP contribution in [0, 0.1) is 22.7 Å². The molecule has 5 heteroatoms. The van der Waals surface area contributed by atoms with E-state index in [1.54, 1.807) is 0 Å². The molecular formula is C23H33NO4. The molecule has 0 aromatic heterocycles. The van der Waals surface area contributed by atoms with Gasteiger partial charge in [0.2, 0.25) is 5.91 Å². The van der Waals surface area contributed by atoms with E-state index in [2.05, 4.69) is 31.3 Å².